The first kappa shape index (κ1) is 13.1. The highest BCUT2D eigenvalue weighted by Crippen LogP contribution is 2.28. The normalized spacial score (nSPS) is 15.9. The van der Waals surface area contributed by atoms with Crippen molar-refractivity contribution in [2.45, 2.75) is 25.0 Å². The molecule has 0 bridgehead atoms. The van der Waals surface area contributed by atoms with E-state index in [0.29, 0.717) is 11.8 Å². The molecule has 1 N–H and O–H groups in total. The molecule has 0 radical (unpaired) electrons. The zero-order chi connectivity index (χ0) is 13.9. The van der Waals surface area contributed by atoms with Crippen LogP contribution in [0.4, 0.5) is 4.39 Å². The molecule has 4 heteroatoms. The van der Waals surface area contributed by atoms with E-state index in [9.17, 15) is 4.39 Å². The molecule has 3 nitrogen and oxygen atoms in total. The van der Waals surface area contributed by atoms with E-state index in [2.05, 4.69) is 10.3 Å². The summed E-state index contributed by atoms with van der Waals surface area (Å²) in [6.45, 7) is 0. The SMILES string of the molecule is CNC(c1ccc(OC2CC2)cc1)c1ncccc1F. The van der Waals surface area contributed by atoms with Crippen LogP contribution in [0.25, 0.3) is 0 Å². The van der Waals surface area contributed by atoms with Crippen LogP contribution in [0.3, 0.4) is 0 Å². The van der Waals surface area contributed by atoms with Crippen molar-refractivity contribution in [1.82, 2.24) is 10.3 Å². The van der Waals surface area contributed by atoms with Gasteiger partial charge in [0.05, 0.1) is 17.8 Å². The lowest BCUT2D eigenvalue weighted by molar-refractivity contribution is 0.303. The van der Waals surface area contributed by atoms with Crippen LogP contribution in [-0.2, 0) is 0 Å². The Bertz CT molecular complexity index is 581. The Kier molecular flexibility index (Phi) is 3.65. The largest absolute Gasteiger partial charge is 0.490 e. The number of hydrogen-bond acceptors (Lipinski definition) is 3. The van der Waals surface area contributed by atoms with Gasteiger partial charge in [-0.05, 0) is 49.7 Å². The predicted molar refractivity (Wildman–Crippen MR) is 75.2 cm³/mol. The molecule has 1 atom stereocenters. The minimum atomic E-state index is -0.301. The molecule has 20 heavy (non-hydrogen) atoms. The van der Waals surface area contributed by atoms with Gasteiger partial charge >= 0.3 is 0 Å². The quantitative estimate of drug-likeness (QED) is 0.908. The highest BCUT2D eigenvalue weighted by atomic mass is 19.1. The molecule has 3 rings (SSSR count). The molecule has 0 aliphatic heterocycles. The van der Waals surface area contributed by atoms with Gasteiger partial charge in [0.2, 0.25) is 0 Å². The first-order valence-corrected chi connectivity index (χ1v) is 6.82. The number of aromatic nitrogens is 1. The summed E-state index contributed by atoms with van der Waals surface area (Å²) in [5.41, 5.74) is 1.37. The maximum atomic E-state index is 13.8. The van der Waals surface area contributed by atoms with Crippen LogP contribution in [-0.4, -0.2) is 18.1 Å². The van der Waals surface area contributed by atoms with Gasteiger partial charge in [0.25, 0.3) is 0 Å². The Hall–Kier alpha value is -1.94. The number of nitrogens with one attached hydrogen (secondary N) is 1. The van der Waals surface area contributed by atoms with Gasteiger partial charge < -0.3 is 10.1 Å². The lowest BCUT2D eigenvalue weighted by atomic mass is 10.0. The summed E-state index contributed by atoms with van der Waals surface area (Å²) in [7, 11) is 1.80. The lowest BCUT2D eigenvalue weighted by Crippen LogP contribution is -2.20. The third-order valence-corrected chi connectivity index (χ3v) is 3.39. The fraction of sp³-hybridized carbons (Fsp3) is 0.312. The number of hydrogen-bond donors (Lipinski definition) is 1. The van der Waals surface area contributed by atoms with E-state index in [-0.39, 0.29) is 11.9 Å². The summed E-state index contributed by atoms with van der Waals surface area (Å²) in [5.74, 6) is 0.567. The van der Waals surface area contributed by atoms with Crippen LogP contribution in [0.5, 0.6) is 5.75 Å². The number of ether oxygens (including phenoxy) is 1. The molecule has 2 aromatic rings. The van der Waals surface area contributed by atoms with E-state index >= 15 is 0 Å². The highest BCUT2D eigenvalue weighted by Gasteiger charge is 2.23. The van der Waals surface area contributed by atoms with Gasteiger partial charge in [-0.1, -0.05) is 12.1 Å². The van der Waals surface area contributed by atoms with Crippen LogP contribution >= 0.6 is 0 Å². The molecule has 1 saturated carbocycles. The van der Waals surface area contributed by atoms with Gasteiger partial charge in [-0.2, -0.15) is 0 Å². The van der Waals surface area contributed by atoms with Crippen molar-refractivity contribution < 1.29 is 9.13 Å². The minimum Gasteiger partial charge on any atom is -0.490 e. The van der Waals surface area contributed by atoms with Crippen LogP contribution in [0.1, 0.15) is 30.1 Å². The summed E-state index contributed by atoms with van der Waals surface area (Å²) in [6.07, 6.45) is 4.27. The Morgan fingerprint density at radius 1 is 1.25 bits per heavy atom. The molecule has 0 spiro atoms. The summed E-state index contributed by atoms with van der Waals surface area (Å²) < 4.78 is 19.6. The fourth-order valence-electron chi connectivity index (χ4n) is 2.19. The molecule has 104 valence electrons. The Labute approximate surface area is 117 Å². The van der Waals surface area contributed by atoms with Gasteiger partial charge in [0.15, 0.2) is 0 Å². The number of halogens is 1. The zero-order valence-corrected chi connectivity index (χ0v) is 11.3. The highest BCUT2D eigenvalue weighted by molar-refractivity contribution is 5.33. The van der Waals surface area contributed by atoms with Gasteiger partial charge in [0.1, 0.15) is 11.6 Å². The Morgan fingerprint density at radius 2 is 2.00 bits per heavy atom. The molecule has 0 amide bonds. The molecule has 1 aliphatic rings. The van der Waals surface area contributed by atoms with Crippen molar-refractivity contribution in [3.05, 3.63) is 59.7 Å². The van der Waals surface area contributed by atoms with Crippen LogP contribution < -0.4 is 10.1 Å². The lowest BCUT2D eigenvalue weighted by Gasteiger charge is -2.17. The smallest absolute Gasteiger partial charge is 0.146 e. The zero-order valence-electron chi connectivity index (χ0n) is 11.3. The molecular formula is C16H17FN2O. The molecular weight excluding hydrogens is 255 g/mol. The van der Waals surface area contributed by atoms with Crippen molar-refractivity contribution in [2.75, 3.05) is 7.05 Å². The molecule has 1 aromatic carbocycles. The summed E-state index contributed by atoms with van der Waals surface area (Å²) in [4.78, 5) is 4.14. The van der Waals surface area contributed by atoms with Crippen molar-refractivity contribution in [1.29, 1.82) is 0 Å². The van der Waals surface area contributed by atoms with E-state index in [1.807, 2.05) is 24.3 Å². The van der Waals surface area contributed by atoms with Crippen LogP contribution in [0.15, 0.2) is 42.6 Å². The van der Waals surface area contributed by atoms with E-state index in [1.165, 1.54) is 6.07 Å². The number of benzene rings is 1. The molecule has 1 aliphatic carbocycles. The molecule has 1 unspecified atom stereocenters. The number of pyridine rings is 1. The molecule has 1 fully saturated rings. The third-order valence-electron chi connectivity index (χ3n) is 3.39. The Balaban J connectivity index is 1.83. The van der Waals surface area contributed by atoms with E-state index in [1.54, 1.807) is 19.3 Å². The van der Waals surface area contributed by atoms with Crippen LogP contribution in [0.2, 0.25) is 0 Å². The predicted octanol–water partition coefficient (Wildman–Crippen LogP) is 3.07. The minimum absolute atomic E-state index is 0.258. The van der Waals surface area contributed by atoms with Crippen LogP contribution in [0, 0.1) is 5.82 Å². The van der Waals surface area contributed by atoms with E-state index in [4.69, 9.17) is 4.74 Å². The van der Waals surface area contributed by atoms with Gasteiger partial charge in [-0.3, -0.25) is 4.98 Å². The fourth-order valence-corrected chi connectivity index (χ4v) is 2.19. The van der Waals surface area contributed by atoms with Gasteiger partial charge in [0, 0.05) is 6.20 Å². The summed E-state index contributed by atoms with van der Waals surface area (Å²) >= 11 is 0. The number of rotatable bonds is 5. The first-order valence-electron chi connectivity index (χ1n) is 6.82. The summed E-state index contributed by atoms with van der Waals surface area (Å²) in [5, 5.41) is 3.10. The van der Waals surface area contributed by atoms with Gasteiger partial charge in [-0.25, -0.2) is 4.39 Å². The van der Waals surface area contributed by atoms with E-state index in [0.717, 1.165) is 24.2 Å². The van der Waals surface area contributed by atoms with Gasteiger partial charge in [-0.15, -0.1) is 0 Å². The third kappa shape index (κ3) is 2.80. The second-order valence-electron chi connectivity index (χ2n) is 4.98. The maximum Gasteiger partial charge on any atom is 0.146 e. The number of nitrogens with zero attached hydrogens (tertiary/aromatic N) is 1. The molecule has 0 saturated heterocycles. The van der Waals surface area contributed by atoms with Crippen molar-refractivity contribution in [3.8, 4) is 5.75 Å². The topological polar surface area (TPSA) is 34.1 Å². The average molecular weight is 272 g/mol. The molecule has 1 aromatic heterocycles. The Morgan fingerprint density at radius 3 is 2.60 bits per heavy atom. The maximum absolute atomic E-state index is 13.8. The van der Waals surface area contributed by atoms with E-state index < -0.39 is 0 Å². The first-order chi connectivity index (χ1) is 9.78. The van der Waals surface area contributed by atoms with Crippen molar-refractivity contribution in [3.63, 3.8) is 0 Å². The monoisotopic (exact) mass is 272 g/mol. The standard InChI is InChI=1S/C16H17FN2O/c1-18-15(16-14(17)3-2-10-19-16)11-4-6-12(7-5-11)20-13-8-9-13/h2-7,10,13,15,18H,8-9H2,1H3. The molecule has 1 heterocycles. The van der Waals surface area contributed by atoms with Crippen molar-refractivity contribution in [2.24, 2.45) is 0 Å². The second kappa shape index (κ2) is 5.59. The summed E-state index contributed by atoms with van der Waals surface area (Å²) in [6, 6.07) is 10.5. The second-order valence-corrected chi connectivity index (χ2v) is 4.98. The van der Waals surface area contributed by atoms with Crippen molar-refractivity contribution >= 4 is 0 Å². The average Bonchev–Trinajstić information content (AvgIpc) is 3.27.